The number of benzene rings is 3. The molecule has 10 heteroatoms. The summed E-state index contributed by atoms with van der Waals surface area (Å²) in [6.45, 7) is 3.76. The summed E-state index contributed by atoms with van der Waals surface area (Å²) in [5, 5.41) is 5.43. The SMILES string of the molecule is CSc1ccc(S(=O)(=O)N(CC(=O)Nc2ccccc2C(=O)NCC(C)C)c2cccc(F)c2)cc1. The molecule has 0 aromatic heterocycles. The van der Waals surface area contributed by atoms with Crippen LogP contribution in [0.1, 0.15) is 24.2 Å². The molecule has 0 aliphatic heterocycles. The van der Waals surface area contributed by atoms with Crippen LogP contribution in [-0.4, -0.2) is 39.6 Å². The molecule has 3 aromatic carbocycles. The van der Waals surface area contributed by atoms with Crippen LogP contribution in [0, 0.1) is 11.7 Å². The molecular formula is C26H28FN3O4S2. The van der Waals surface area contributed by atoms with Gasteiger partial charge in [-0.3, -0.25) is 13.9 Å². The van der Waals surface area contributed by atoms with Crippen molar-refractivity contribution in [3.05, 3.63) is 84.2 Å². The fraction of sp³-hybridized carbons (Fsp3) is 0.231. The van der Waals surface area contributed by atoms with Crippen molar-refractivity contribution in [2.75, 3.05) is 29.0 Å². The molecular weight excluding hydrogens is 501 g/mol. The number of hydrogen-bond acceptors (Lipinski definition) is 5. The fourth-order valence-electron chi connectivity index (χ4n) is 3.32. The summed E-state index contributed by atoms with van der Waals surface area (Å²) in [5.41, 5.74) is 0.492. The van der Waals surface area contributed by atoms with Crippen LogP contribution in [0.3, 0.4) is 0 Å². The Balaban J connectivity index is 1.90. The summed E-state index contributed by atoms with van der Waals surface area (Å²) in [5.74, 6) is -1.44. The van der Waals surface area contributed by atoms with Crippen LogP contribution in [0.25, 0.3) is 0 Å². The van der Waals surface area contributed by atoms with Crippen molar-refractivity contribution in [1.29, 1.82) is 0 Å². The lowest BCUT2D eigenvalue weighted by atomic mass is 10.1. The molecule has 0 saturated carbocycles. The largest absolute Gasteiger partial charge is 0.352 e. The van der Waals surface area contributed by atoms with E-state index in [1.54, 1.807) is 36.4 Å². The Hall–Kier alpha value is -3.37. The molecule has 2 N–H and O–H groups in total. The number of nitrogens with zero attached hydrogens (tertiary/aromatic N) is 1. The summed E-state index contributed by atoms with van der Waals surface area (Å²) >= 11 is 1.46. The van der Waals surface area contributed by atoms with E-state index in [0.29, 0.717) is 6.54 Å². The molecule has 0 radical (unpaired) electrons. The third-order valence-corrected chi connectivity index (χ3v) is 7.68. The predicted octanol–water partition coefficient (Wildman–Crippen LogP) is 4.77. The first-order valence-corrected chi connectivity index (χ1v) is 13.9. The van der Waals surface area contributed by atoms with Crippen molar-refractivity contribution in [3.63, 3.8) is 0 Å². The fourth-order valence-corrected chi connectivity index (χ4v) is 5.14. The highest BCUT2D eigenvalue weighted by Gasteiger charge is 2.28. The van der Waals surface area contributed by atoms with Gasteiger partial charge in [-0.25, -0.2) is 12.8 Å². The average molecular weight is 530 g/mol. The number of halogens is 1. The van der Waals surface area contributed by atoms with E-state index in [-0.39, 0.29) is 33.7 Å². The molecule has 0 heterocycles. The normalized spacial score (nSPS) is 11.2. The molecule has 7 nitrogen and oxygen atoms in total. The molecule has 0 fully saturated rings. The van der Waals surface area contributed by atoms with Crippen LogP contribution < -0.4 is 14.9 Å². The number of thioether (sulfide) groups is 1. The van der Waals surface area contributed by atoms with E-state index in [4.69, 9.17) is 0 Å². The highest BCUT2D eigenvalue weighted by molar-refractivity contribution is 7.98. The molecule has 190 valence electrons. The average Bonchev–Trinajstić information content (AvgIpc) is 2.86. The number of carbonyl (C=O) groups is 2. The first-order valence-electron chi connectivity index (χ1n) is 11.2. The van der Waals surface area contributed by atoms with Gasteiger partial charge in [0.25, 0.3) is 15.9 Å². The third-order valence-electron chi connectivity index (χ3n) is 5.15. The Morgan fingerprint density at radius 3 is 2.33 bits per heavy atom. The van der Waals surface area contributed by atoms with Gasteiger partial charge in [0, 0.05) is 11.4 Å². The van der Waals surface area contributed by atoms with E-state index >= 15 is 0 Å². The van der Waals surface area contributed by atoms with Gasteiger partial charge in [-0.15, -0.1) is 11.8 Å². The molecule has 36 heavy (non-hydrogen) atoms. The number of para-hydroxylation sites is 1. The smallest absolute Gasteiger partial charge is 0.264 e. The highest BCUT2D eigenvalue weighted by atomic mass is 32.2. The standard InChI is InChI=1S/C26H28FN3O4S2/c1-18(2)16-28-26(32)23-9-4-5-10-24(23)29-25(31)17-30(20-8-6-7-19(27)15-20)36(33,34)22-13-11-21(35-3)12-14-22/h4-15,18H,16-17H2,1-3H3,(H,28,32)(H,29,31). The number of sulfonamides is 1. The van der Waals surface area contributed by atoms with Gasteiger partial charge in [-0.1, -0.05) is 32.0 Å². The summed E-state index contributed by atoms with van der Waals surface area (Å²) in [6, 6.07) is 17.7. The minimum absolute atomic E-state index is 0.00190. The lowest BCUT2D eigenvalue weighted by Gasteiger charge is -2.24. The van der Waals surface area contributed by atoms with Gasteiger partial charge < -0.3 is 10.6 Å². The number of hydrogen-bond donors (Lipinski definition) is 2. The van der Waals surface area contributed by atoms with Crippen LogP contribution in [0.5, 0.6) is 0 Å². The van der Waals surface area contributed by atoms with Gasteiger partial charge in [0.15, 0.2) is 0 Å². The Labute approximate surface area is 215 Å². The number of rotatable bonds is 10. The van der Waals surface area contributed by atoms with Gasteiger partial charge >= 0.3 is 0 Å². The summed E-state index contributed by atoms with van der Waals surface area (Å²) < 4.78 is 41.9. The minimum Gasteiger partial charge on any atom is -0.352 e. The van der Waals surface area contributed by atoms with E-state index in [0.717, 1.165) is 15.3 Å². The molecule has 3 aromatic rings. The third kappa shape index (κ3) is 6.86. The van der Waals surface area contributed by atoms with Crippen molar-refractivity contribution in [2.45, 2.75) is 23.6 Å². The summed E-state index contributed by atoms with van der Waals surface area (Å²) in [7, 11) is -4.21. The van der Waals surface area contributed by atoms with Crippen LogP contribution in [0.2, 0.25) is 0 Å². The van der Waals surface area contributed by atoms with Crippen LogP contribution in [-0.2, 0) is 14.8 Å². The van der Waals surface area contributed by atoms with E-state index in [2.05, 4.69) is 10.6 Å². The maximum absolute atomic E-state index is 14.0. The second-order valence-electron chi connectivity index (χ2n) is 8.36. The van der Waals surface area contributed by atoms with Gasteiger partial charge in [0.2, 0.25) is 5.91 Å². The summed E-state index contributed by atoms with van der Waals surface area (Å²) in [4.78, 5) is 26.5. The van der Waals surface area contributed by atoms with E-state index in [1.165, 1.54) is 42.1 Å². The Bertz CT molecular complexity index is 1330. The lowest BCUT2D eigenvalue weighted by Crippen LogP contribution is -2.38. The number of amides is 2. The highest BCUT2D eigenvalue weighted by Crippen LogP contribution is 2.26. The zero-order valence-electron chi connectivity index (χ0n) is 20.2. The molecule has 0 atom stereocenters. The predicted molar refractivity (Wildman–Crippen MR) is 141 cm³/mol. The minimum atomic E-state index is -4.21. The molecule has 0 unspecified atom stereocenters. The number of nitrogens with one attached hydrogen (secondary N) is 2. The molecule has 0 aliphatic carbocycles. The van der Waals surface area contributed by atoms with Crippen LogP contribution >= 0.6 is 11.8 Å². The van der Waals surface area contributed by atoms with Crippen molar-refractivity contribution < 1.29 is 22.4 Å². The van der Waals surface area contributed by atoms with Crippen molar-refractivity contribution in [2.24, 2.45) is 5.92 Å². The second kappa shape index (κ2) is 12.0. The van der Waals surface area contributed by atoms with E-state index in [9.17, 15) is 22.4 Å². The van der Waals surface area contributed by atoms with Gasteiger partial charge in [0.05, 0.1) is 21.8 Å². The molecule has 0 saturated heterocycles. The van der Waals surface area contributed by atoms with Crippen LogP contribution in [0.4, 0.5) is 15.8 Å². The number of carbonyl (C=O) groups excluding carboxylic acids is 2. The molecule has 2 amide bonds. The maximum Gasteiger partial charge on any atom is 0.264 e. The molecule has 0 spiro atoms. The first-order chi connectivity index (χ1) is 17.1. The van der Waals surface area contributed by atoms with Gasteiger partial charge in [-0.2, -0.15) is 0 Å². The first kappa shape index (κ1) is 27.2. The van der Waals surface area contributed by atoms with Crippen molar-refractivity contribution in [3.8, 4) is 0 Å². The second-order valence-corrected chi connectivity index (χ2v) is 11.1. The number of anilines is 2. The zero-order chi connectivity index (χ0) is 26.3. The lowest BCUT2D eigenvalue weighted by molar-refractivity contribution is -0.114. The maximum atomic E-state index is 14.0. The van der Waals surface area contributed by atoms with Crippen LogP contribution in [0.15, 0.2) is 82.6 Å². The molecule has 0 aliphatic rings. The molecule has 3 rings (SSSR count). The quantitative estimate of drug-likeness (QED) is 0.369. The summed E-state index contributed by atoms with van der Waals surface area (Å²) in [6.07, 6.45) is 1.87. The van der Waals surface area contributed by atoms with Crippen molar-refractivity contribution >= 4 is 45.0 Å². The Kier molecular flexibility index (Phi) is 9.11. The zero-order valence-corrected chi connectivity index (χ0v) is 21.8. The molecule has 0 bridgehead atoms. The Morgan fingerprint density at radius 2 is 1.69 bits per heavy atom. The van der Waals surface area contributed by atoms with E-state index < -0.39 is 28.3 Å². The van der Waals surface area contributed by atoms with Gasteiger partial charge in [0.1, 0.15) is 12.4 Å². The van der Waals surface area contributed by atoms with Gasteiger partial charge in [-0.05, 0) is 66.8 Å². The van der Waals surface area contributed by atoms with E-state index in [1.807, 2.05) is 20.1 Å². The monoisotopic (exact) mass is 529 g/mol. The Morgan fingerprint density at radius 1 is 1.00 bits per heavy atom. The topological polar surface area (TPSA) is 95.6 Å². The van der Waals surface area contributed by atoms with Crippen molar-refractivity contribution in [1.82, 2.24) is 5.32 Å².